The molecular formula is C27H34N4O6. The Morgan fingerprint density at radius 1 is 1.14 bits per heavy atom. The second-order valence-corrected chi connectivity index (χ2v) is 9.77. The van der Waals surface area contributed by atoms with Crippen LogP contribution in [-0.4, -0.2) is 71.9 Å². The van der Waals surface area contributed by atoms with E-state index >= 15 is 0 Å². The summed E-state index contributed by atoms with van der Waals surface area (Å²) in [6, 6.07) is 6.55. The van der Waals surface area contributed by atoms with E-state index in [-0.39, 0.29) is 31.2 Å². The number of hydrogen-bond acceptors (Lipinski definition) is 7. The second-order valence-electron chi connectivity index (χ2n) is 9.77. The second kappa shape index (κ2) is 11.8. The first-order chi connectivity index (χ1) is 17.5. The highest BCUT2D eigenvalue weighted by molar-refractivity contribution is 5.86. The van der Waals surface area contributed by atoms with Crippen LogP contribution >= 0.6 is 0 Å². The summed E-state index contributed by atoms with van der Waals surface area (Å²) in [7, 11) is 0. The predicted octanol–water partition coefficient (Wildman–Crippen LogP) is 2.13. The lowest BCUT2D eigenvalue weighted by Crippen LogP contribution is -2.50. The van der Waals surface area contributed by atoms with Crippen molar-refractivity contribution in [3.63, 3.8) is 0 Å². The Morgan fingerprint density at radius 2 is 1.84 bits per heavy atom. The van der Waals surface area contributed by atoms with Crippen LogP contribution in [0, 0.1) is 12.3 Å². The van der Waals surface area contributed by atoms with E-state index in [1.54, 1.807) is 30.2 Å². The lowest BCUT2D eigenvalue weighted by atomic mass is 10.1. The third kappa shape index (κ3) is 7.49. The molecule has 1 atom stereocenters. The van der Waals surface area contributed by atoms with E-state index in [9.17, 15) is 19.2 Å². The molecule has 1 N–H and O–H groups in total. The highest BCUT2D eigenvalue weighted by Crippen LogP contribution is 2.22. The third-order valence-corrected chi connectivity index (χ3v) is 5.79. The standard InChI is InChI=1S/C27H34N4O6/c1-6-20(16-24(33)36-7-2)28-23(32)18-31-11-10-19-8-9-21(17-22(19)25(31)34)29-12-14-30(15-13-29)26(35)37-27(3,4)5/h1,8-11,17,20H,7,12-16,18H2,2-5H3,(H,28,32)/t20-/m1/s1. The number of anilines is 1. The van der Waals surface area contributed by atoms with Gasteiger partial charge in [-0.3, -0.25) is 14.4 Å². The molecule has 0 spiro atoms. The molecule has 0 unspecified atom stereocenters. The van der Waals surface area contributed by atoms with E-state index in [0.717, 1.165) is 11.1 Å². The Kier molecular flexibility index (Phi) is 8.81. The fraction of sp³-hybridized carbons (Fsp3) is 0.481. The van der Waals surface area contributed by atoms with Crippen LogP contribution in [0.25, 0.3) is 10.8 Å². The van der Waals surface area contributed by atoms with Gasteiger partial charge in [0.15, 0.2) is 0 Å². The van der Waals surface area contributed by atoms with E-state index < -0.39 is 23.5 Å². The van der Waals surface area contributed by atoms with Gasteiger partial charge in [0, 0.05) is 43.4 Å². The number of terminal acetylenes is 1. The van der Waals surface area contributed by atoms with Crippen LogP contribution < -0.4 is 15.8 Å². The quantitative estimate of drug-likeness (QED) is 0.449. The van der Waals surface area contributed by atoms with E-state index in [0.29, 0.717) is 31.6 Å². The maximum atomic E-state index is 13.2. The molecule has 2 heterocycles. The maximum Gasteiger partial charge on any atom is 0.410 e. The molecule has 1 aromatic heterocycles. The molecule has 37 heavy (non-hydrogen) atoms. The Balaban J connectivity index is 1.68. The summed E-state index contributed by atoms with van der Waals surface area (Å²) in [5.41, 5.74) is -0.00607. The number of aromatic nitrogens is 1. The maximum absolute atomic E-state index is 13.2. The smallest absolute Gasteiger partial charge is 0.410 e. The number of pyridine rings is 1. The van der Waals surface area contributed by atoms with E-state index in [1.165, 1.54) is 4.57 Å². The minimum Gasteiger partial charge on any atom is -0.466 e. The fourth-order valence-corrected chi connectivity index (χ4v) is 4.00. The van der Waals surface area contributed by atoms with Gasteiger partial charge in [0.05, 0.1) is 13.0 Å². The van der Waals surface area contributed by atoms with Crippen LogP contribution in [-0.2, 0) is 25.6 Å². The largest absolute Gasteiger partial charge is 0.466 e. The molecule has 10 nitrogen and oxygen atoms in total. The highest BCUT2D eigenvalue weighted by atomic mass is 16.6. The monoisotopic (exact) mass is 510 g/mol. The molecule has 1 aliphatic rings. The first kappa shape index (κ1) is 27.6. The first-order valence-corrected chi connectivity index (χ1v) is 12.3. The summed E-state index contributed by atoms with van der Waals surface area (Å²) in [4.78, 5) is 53.5. The topological polar surface area (TPSA) is 110 Å². The number of carbonyl (C=O) groups is 3. The number of carbonyl (C=O) groups excluding carboxylic acids is 3. The van der Waals surface area contributed by atoms with Gasteiger partial charge in [-0.2, -0.15) is 0 Å². The summed E-state index contributed by atoms with van der Waals surface area (Å²) in [6.07, 6.45) is 6.51. The number of amides is 2. The van der Waals surface area contributed by atoms with Crippen molar-refractivity contribution in [1.82, 2.24) is 14.8 Å². The average Bonchev–Trinajstić information content (AvgIpc) is 2.84. The van der Waals surface area contributed by atoms with Gasteiger partial charge >= 0.3 is 12.1 Å². The Hall–Kier alpha value is -4.00. The number of benzene rings is 1. The predicted molar refractivity (Wildman–Crippen MR) is 140 cm³/mol. The SMILES string of the molecule is C#C[C@H](CC(=O)OCC)NC(=O)Cn1ccc2ccc(N3CCN(C(=O)OC(C)(C)C)CC3)cc2c1=O. The van der Waals surface area contributed by atoms with Crippen LogP contribution in [0.4, 0.5) is 10.5 Å². The summed E-state index contributed by atoms with van der Waals surface area (Å²) in [5, 5.41) is 3.81. The van der Waals surface area contributed by atoms with Gasteiger partial charge in [-0.05, 0) is 51.3 Å². The Morgan fingerprint density at radius 3 is 2.46 bits per heavy atom. The van der Waals surface area contributed by atoms with E-state index in [1.807, 2.05) is 32.9 Å². The van der Waals surface area contributed by atoms with E-state index in [4.69, 9.17) is 15.9 Å². The van der Waals surface area contributed by atoms with Crippen LogP contribution in [0.1, 0.15) is 34.1 Å². The number of hydrogen-bond donors (Lipinski definition) is 1. The number of esters is 1. The van der Waals surface area contributed by atoms with Gasteiger partial charge < -0.3 is 29.2 Å². The molecule has 1 fully saturated rings. The molecule has 3 rings (SSSR count). The molecule has 0 saturated carbocycles. The summed E-state index contributed by atoms with van der Waals surface area (Å²) in [6.45, 7) is 9.39. The minimum absolute atomic E-state index is 0.146. The molecule has 2 amide bonds. The Bertz CT molecular complexity index is 1250. The van der Waals surface area contributed by atoms with Crippen molar-refractivity contribution in [1.29, 1.82) is 0 Å². The van der Waals surface area contributed by atoms with Crippen molar-refractivity contribution in [2.75, 3.05) is 37.7 Å². The molecule has 1 aliphatic heterocycles. The van der Waals surface area contributed by atoms with Gasteiger partial charge in [0.25, 0.3) is 5.56 Å². The van der Waals surface area contributed by atoms with Crippen LogP contribution in [0.5, 0.6) is 0 Å². The number of rotatable bonds is 7. The fourth-order valence-electron chi connectivity index (χ4n) is 4.00. The number of piperazine rings is 1. The highest BCUT2D eigenvalue weighted by Gasteiger charge is 2.26. The molecule has 0 bridgehead atoms. The minimum atomic E-state index is -0.825. The van der Waals surface area contributed by atoms with Crippen molar-refractivity contribution in [3.8, 4) is 12.3 Å². The number of nitrogens with one attached hydrogen (secondary N) is 1. The van der Waals surface area contributed by atoms with Crippen molar-refractivity contribution in [3.05, 3.63) is 40.8 Å². The molecule has 198 valence electrons. The van der Waals surface area contributed by atoms with Gasteiger partial charge in [0.1, 0.15) is 18.2 Å². The third-order valence-electron chi connectivity index (χ3n) is 5.79. The van der Waals surface area contributed by atoms with Crippen LogP contribution in [0.2, 0.25) is 0 Å². The average molecular weight is 511 g/mol. The van der Waals surface area contributed by atoms with Gasteiger partial charge in [-0.15, -0.1) is 6.42 Å². The Labute approximate surface area is 216 Å². The summed E-state index contributed by atoms with van der Waals surface area (Å²) >= 11 is 0. The number of fused-ring (bicyclic) bond motifs is 1. The first-order valence-electron chi connectivity index (χ1n) is 12.3. The van der Waals surface area contributed by atoms with Crippen molar-refractivity contribution < 1.29 is 23.9 Å². The van der Waals surface area contributed by atoms with Gasteiger partial charge in [-0.25, -0.2) is 4.79 Å². The van der Waals surface area contributed by atoms with Gasteiger partial charge in [0.2, 0.25) is 5.91 Å². The zero-order chi connectivity index (χ0) is 27.2. The molecule has 0 radical (unpaired) electrons. The zero-order valence-corrected chi connectivity index (χ0v) is 21.8. The van der Waals surface area contributed by atoms with Crippen LogP contribution in [0.15, 0.2) is 35.3 Å². The van der Waals surface area contributed by atoms with Crippen molar-refractivity contribution >= 4 is 34.4 Å². The molecule has 1 aromatic carbocycles. The number of ether oxygens (including phenoxy) is 2. The number of nitrogens with zero attached hydrogens (tertiary/aromatic N) is 3. The van der Waals surface area contributed by atoms with Crippen LogP contribution in [0.3, 0.4) is 0 Å². The molecule has 0 aliphatic carbocycles. The summed E-state index contributed by atoms with van der Waals surface area (Å²) < 4.78 is 11.6. The molecule has 2 aromatic rings. The van der Waals surface area contributed by atoms with Crippen molar-refractivity contribution in [2.45, 2.75) is 52.3 Å². The van der Waals surface area contributed by atoms with Crippen molar-refractivity contribution in [2.24, 2.45) is 0 Å². The molecule has 10 heteroatoms. The molecular weight excluding hydrogens is 476 g/mol. The lowest BCUT2D eigenvalue weighted by molar-refractivity contribution is -0.143. The lowest BCUT2D eigenvalue weighted by Gasteiger charge is -2.36. The summed E-state index contributed by atoms with van der Waals surface area (Å²) in [5.74, 6) is 1.37. The van der Waals surface area contributed by atoms with E-state index in [2.05, 4.69) is 16.1 Å². The zero-order valence-electron chi connectivity index (χ0n) is 21.8. The normalized spacial score (nSPS) is 14.6. The molecule has 1 saturated heterocycles. The van der Waals surface area contributed by atoms with Gasteiger partial charge in [-0.1, -0.05) is 12.0 Å².